The molecule has 0 aliphatic carbocycles. The van der Waals surface area contributed by atoms with Crippen molar-refractivity contribution < 1.29 is 9.47 Å². The average Bonchev–Trinajstić information content (AvgIpc) is 2.69. The monoisotopic (exact) mass is 351 g/mol. The molecule has 0 bridgehead atoms. The highest BCUT2D eigenvalue weighted by molar-refractivity contribution is 5.66. The Morgan fingerprint density at radius 2 is 1.81 bits per heavy atom. The summed E-state index contributed by atoms with van der Waals surface area (Å²) in [5, 5.41) is 14.5. The Labute approximate surface area is 152 Å². The molecular weight excluding hydrogens is 330 g/mol. The number of anilines is 3. The summed E-state index contributed by atoms with van der Waals surface area (Å²) < 4.78 is 10.6. The Balaban J connectivity index is 1.77. The number of benzene rings is 2. The normalized spacial score (nSPS) is 11.5. The molecule has 134 valence electrons. The van der Waals surface area contributed by atoms with E-state index in [1.807, 2.05) is 55.5 Å². The molecule has 3 aromatic rings. The fraction of sp³-hybridized carbons (Fsp3) is 0.211. The molecule has 7 heteroatoms. The lowest BCUT2D eigenvalue weighted by Crippen LogP contribution is -2.11. The van der Waals surface area contributed by atoms with Crippen LogP contribution in [0.15, 0.2) is 54.7 Å². The van der Waals surface area contributed by atoms with Crippen LogP contribution in [0.1, 0.15) is 18.5 Å². The highest BCUT2D eigenvalue weighted by Crippen LogP contribution is 2.31. The fourth-order valence-electron chi connectivity index (χ4n) is 2.49. The summed E-state index contributed by atoms with van der Waals surface area (Å²) in [7, 11) is 3.23. The number of nitrogens with zero attached hydrogens (tertiary/aromatic N) is 3. The van der Waals surface area contributed by atoms with Gasteiger partial charge in [0.25, 0.3) is 0 Å². The predicted octanol–water partition coefficient (Wildman–Crippen LogP) is 3.81. The van der Waals surface area contributed by atoms with Gasteiger partial charge in [0.2, 0.25) is 5.95 Å². The van der Waals surface area contributed by atoms with Crippen molar-refractivity contribution in [3.8, 4) is 11.5 Å². The fourth-order valence-corrected chi connectivity index (χ4v) is 2.49. The molecule has 7 nitrogen and oxygen atoms in total. The first-order valence-electron chi connectivity index (χ1n) is 8.20. The molecule has 1 atom stereocenters. The standard InChI is InChI=1S/C19H21N5O2/c1-13(14-7-5-4-6-8-14)21-19-23-18(12-20-24-19)22-16-11-15(25-2)9-10-17(16)26-3/h4-13H,1-3H3,(H2,21,22,23,24). The van der Waals surface area contributed by atoms with Gasteiger partial charge in [0, 0.05) is 6.07 Å². The zero-order chi connectivity index (χ0) is 18.4. The van der Waals surface area contributed by atoms with Crippen LogP contribution in [0, 0.1) is 0 Å². The van der Waals surface area contributed by atoms with Crippen molar-refractivity contribution in [3.63, 3.8) is 0 Å². The second-order valence-electron chi connectivity index (χ2n) is 5.63. The molecule has 1 aromatic heterocycles. The van der Waals surface area contributed by atoms with Crippen molar-refractivity contribution in [2.45, 2.75) is 13.0 Å². The van der Waals surface area contributed by atoms with E-state index < -0.39 is 0 Å². The summed E-state index contributed by atoms with van der Waals surface area (Å²) in [6.07, 6.45) is 1.55. The summed E-state index contributed by atoms with van der Waals surface area (Å²) in [6.45, 7) is 2.05. The van der Waals surface area contributed by atoms with Gasteiger partial charge in [-0.15, -0.1) is 5.10 Å². The Hall–Kier alpha value is -3.35. The van der Waals surface area contributed by atoms with Crippen molar-refractivity contribution >= 4 is 17.5 Å². The maximum atomic E-state index is 5.37. The van der Waals surface area contributed by atoms with Crippen LogP contribution in [-0.2, 0) is 0 Å². The molecule has 1 heterocycles. The van der Waals surface area contributed by atoms with E-state index in [2.05, 4.69) is 25.8 Å². The zero-order valence-corrected chi connectivity index (χ0v) is 14.9. The van der Waals surface area contributed by atoms with Gasteiger partial charge in [-0.2, -0.15) is 10.1 Å². The Bertz CT molecular complexity index is 858. The quantitative estimate of drug-likeness (QED) is 0.670. The van der Waals surface area contributed by atoms with Crippen LogP contribution in [-0.4, -0.2) is 29.4 Å². The average molecular weight is 351 g/mol. The number of hydrogen-bond acceptors (Lipinski definition) is 7. The molecule has 0 aliphatic heterocycles. The Morgan fingerprint density at radius 3 is 2.54 bits per heavy atom. The number of rotatable bonds is 7. The number of hydrogen-bond donors (Lipinski definition) is 2. The smallest absolute Gasteiger partial charge is 0.245 e. The molecule has 0 saturated carbocycles. The molecule has 0 aliphatic rings. The van der Waals surface area contributed by atoms with Crippen LogP contribution < -0.4 is 20.1 Å². The van der Waals surface area contributed by atoms with E-state index >= 15 is 0 Å². The summed E-state index contributed by atoms with van der Waals surface area (Å²) in [5.41, 5.74) is 1.87. The molecule has 2 aromatic carbocycles. The summed E-state index contributed by atoms with van der Waals surface area (Å²) >= 11 is 0. The summed E-state index contributed by atoms with van der Waals surface area (Å²) in [5.74, 6) is 2.38. The van der Waals surface area contributed by atoms with Gasteiger partial charge >= 0.3 is 0 Å². The minimum atomic E-state index is 0.0552. The number of aromatic nitrogens is 3. The second kappa shape index (κ2) is 8.15. The van der Waals surface area contributed by atoms with Gasteiger partial charge < -0.3 is 20.1 Å². The van der Waals surface area contributed by atoms with Gasteiger partial charge in [0.05, 0.1) is 32.1 Å². The van der Waals surface area contributed by atoms with Crippen molar-refractivity contribution in [2.24, 2.45) is 0 Å². The maximum Gasteiger partial charge on any atom is 0.245 e. The highest BCUT2D eigenvalue weighted by Gasteiger charge is 2.10. The molecule has 26 heavy (non-hydrogen) atoms. The molecular formula is C19H21N5O2. The molecule has 2 N–H and O–H groups in total. The topological polar surface area (TPSA) is 81.2 Å². The summed E-state index contributed by atoms with van der Waals surface area (Å²) in [6, 6.07) is 15.6. The summed E-state index contributed by atoms with van der Waals surface area (Å²) in [4.78, 5) is 4.47. The first kappa shape index (κ1) is 17.5. The lowest BCUT2D eigenvalue weighted by atomic mass is 10.1. The minimum Gasteiger partial charge on any atom is -0.497 e. The Kier molecular flexibility index (Phi) is 5.48. The number of ether oxygens (including phenoxy) is 2. The van der Waals surface area contributed by atoms with E-state index in [0.717, 1.165) is 11.3 Å². The van der Waals surface area contributed by atoms with E-state index in [4.69, 9.17) is 9.47 Å². The van der Waals surface area contributed by atoms with Crippen molar-refractivity contribution in [3.05, 3.63) is 60.3 Å². The highest BCUT2D eigenvalue weighted by atomic mass is 16.5. The molecule has 3 rings (SSSR count). The third-order valence-corrected chi connectivity index (χ3v) is 3.87. The van der Waals surface area contributed by atoms with Crippen LogP contribution in [0.3, 0.4) is 0 Å². The van der Waals surface area contributed by atoms with E-state index in [1.165, 1.54) is 0 Å². The molecule has 0 fully saturated rings. The Morgan fingerprint density at radius 1 is 1.00 bits per heavy atom. The van der Waals surface area contributed by atoms with Gasteiger partial charge in [0.1, 0.15) is 11.5 Å². The van der Waals surface area contributed by atoms with E-state index in [-0.39, 0.29) is 6.04 Å². The molecule has 0 saturated heterocycles. The van der Waals surface area contributed by atoms with Crippen molar-refractivity contribution in [1.82, 2.24) is 15.2 Å². The second-order valence-corrected chi connectivity index (χ2v) is 5.63. The van der Waals surface area contributed by atoms with Crippen LogP contribution in [0.25, 0.3) is 0 Å². The van der Waals surface area contributed by atoms with Gasteiger partial charge in [-0.1, -0.05) is 30.3 Å². The predicted molar refractivity (Wildman–Crippen MR) is 101 cm³/mol. The number of methoxy groups -OCH3 is 2. The van der Waals surface area contributed by atoms with Gasteiger partial charge in [-0.25, -0.2) is 0 Å². The molecule has 0 amide bonds. The maximum absolute atomic E-state index is 5.37. The van der Waals surface area contributed by atoms with Crippen LogP contribution >= 0.6 is 0 Å². The SMILES string of the molecule is COc1ccc(OC)c(Nc2cnnc(NC(C)c3ccccc3)n2)c1. The van der Waals surface area contributed by atoms with Crippen LogP contribution in [0.2, 0.25) is 0 Å². The largest absolute Gasteiger partial charge is 0.497 e. The first-order valence-corrected chi connectivity index (χ1v) is 8.20. The van der Waals surface area contributed by atoms with Crippen molar-refractivity contribution in [1.29, 1.82) is 0 Å². The van der Waals surface area contributed by atoms with E-state index in [0.29, 0.717) is 23.3 Å². The minimum absolute atomic E-state index is 0.0552. The number of nitrogens with one attached hydrogen (secondary N) is 2. The van der Waals surface area contributed by atoms with E-state index in [1.54, 1.807) is 20.4 Å². The van der Waals surface area contributed by atoms with Crippen LogP contribution in [0.4, 0.5) is 17.5 Å². The van der Waals surface area contributed by atoms with Crippen molar-refractivity contribution in [2.75, 3.05) is 24.9 Å². The lowest BCUT2D eigenvalue weighted by molar-refractivity contribution is 0.405. The van der Waals surface area contributed by atoms with Crippen LogP contribution in [0.5, 0.6) is 11.5 Å². The molecule has 0 spiro atoms. The van der Waals surface area contributed by atoms with Gasteiger partial charge in [-0.3, -0.25) is 0 Å². The van der Waals surface area contributed by atoms with E-state index in [9.17, 15) is 0 Å². The third kappa shape index (κ3) is 4.18. The third-order valence-electron chi connectivity index (χ3n) is 3.87. The molecule has 0 radical (unpaired) electrons. The first-order chi connectivity index (χ1) is 12.7. The molecule has 1 unspecified atom stereocenters. The van der Waals surface area contributed by atoms with Gasteiger partial charge in [0.15, 0.2) is 5.82 Å². The lowest BCUT2D eigenvalue weighted by Gasteiger charge is -2.15. The zero-order valence-electron chi connectivity index (χ0n) is 14.9. The van der Waals surface area contributed by atoms with Gasteiger partial charge in [-0.05, 0) is 24.6 Å².